The summed E-state index contributed by atoms with van der Waals surface area (Å²) in [6.07, 6.45) is 1.58. The van der Waals surface area contributed by atoms with Gasteiger partial charge >= 0.3 is 5.97 Å². The second-order valence-electron chi connectivity index (χ2n) is 6.03. The van der Waals surface area contributed by atoms with Crippen LogP contribution in [0.25, 0.3) is 0 Å². The number of pyridine rings is 1. The van der Waals surface area contributed by atoms with Crippen molar-refractivity contribution in [2.24, 2.45) is 0 Å². The highest BCUT2D eigenvalue weighted by molar-refractivity contribution is 6.30. The highest BCUT2D eigenvalue weighted by atomic mass is 35.5. The molecule has 0 N–H and O–H groups in total. The quantitative estimate of drug-likeness (QED) is 0.781. The second-order valence-corrected chi connectivity index (χ2v) is 6.47. The third-order valence-electron chi connectivity index (χ3n) is 4.37. The number of nitrogens with zero attached hydrogens (tertiary/aromatic N) is 3. The third-order valence-corrected chi connectivity index (χ3v) is 4.61. The van der Waals surface area contributed by atoms with Gasteiger partial charge in [0.05, 0.1) is 12.2 Å². The Morgan fingerprint density at radius 2 is 1.88 bits per heavy atom. The first-order valence-corrected chi connectivity index (χ1v) is 8.85. The number of hydrogen-bond donors (Lipinski definition) is 0. The van der Waals surface area contributed by atoms with E-state index >= 15 is 0 Å². The molecule has 0 unspecified atom stereocenters. The number of aromatic nitrogens is 1. The number of ether oxygens (including phenoxy) is 1. The summed E-state index contributed by atoms with van der Waals surface area (Å²) in [5.41, 5.74) is 2.91. The predicted octanol–water partition coefficient (Wildman–Crippen LogP) is 3.55. The lowest BCUT2D eigenvalue weighted by molar-refractivity contribution is 0.0526. The molecule has 0 saturated carbocycles. The zero-order chi connectivity index (χ0) is 17.8. The number of esters is 1. The minimum absolute atomic E-state index is 0.331. The molecule has 0 radical (unpaired) electrons. The van der Waals surface area contributed by atoms with E-state index in [0.717, 1.165) is 37.0 Å². The first kappa shape index (κ1) is 17.5. The van der Waals surface area contributed by atoms with Gasteiger partial charge in [0, 0.05) is 43.1 Å². The third kappa shape index (κ3) is 4.04. The Bertz CT molecular complexity index is 741. The van der Waals surface area contributed by atoms with Gasteiger partial charge in [-0.05, 0) is 43.7 Å². The first-order valence-electron chi connectivity index (χ1n) is 8.47. The molecule has 0 amide bonds. The highest BCUT2D eigenvalue weighted by Crippen LogP contribution is 2.26. The van der Waals surface area contributed by atoms with Crippen molar-refractivity contribution < 1.29 is 9.53 Å². The van der Waals surface area contributed by atoms with Crippen molar-refractivity contribution in [3.05, 3.63) is 52.7 Å². The van der Waals surface area contributed by atoms with E-state index < -0.39 is 0 Å². The predicted molar refractivity (Wildman–Crippen MR) is 101 cm³/mol. The van der Waals surface area contributed by atoms with E-state index in [1.807, 2.05) is 18.2 Å². The topological polar surface area (TPSA) is 45.7 Å². The molecule has 5 nitrogen and oxygen atoms in total. The number of carbonyl (C=O) groups excluding carboxylic acids is 1. The molecule has 2 heterocycles. The molecule has 3 rings (SSSR count). The fraction of sp³-hybridized carbons (Fsp3) is 0.368. The van der Waals surface area contributed by atoms with Crippen molar-refractivity contribution in [3.63, 3.8) is 0 Å². The number of carbonyl (C=O) groups is 1. The molecule has 1 aromatic heterocycles. The van der Waals surface area contributed by atoms with E-state index in [2.05, 4.69) is 27.8 Å². The van der Waals surface area contributed by atoms with Gasteiger partial charge < -0.3 is 14.5 Å². The van der Waals surface area contributed by atoms with E-state index in [9.17, 15) is 4.79 Å². The molecule has 1 aromatic carbocycles. The fourth-order valence-corrected chi connectivity index (χ4v) is 3.17. The molecule has 0 bridgehead atoms. The Balaban J connectivity index is 1.64. The van der Waals surface area contributed by atoms with E-state index in [0.29, 0.717) is 12.2 Å². The summed E-state index contributed by atoms with van der Waals surface area (Å²) < 4.78 is 4.99. The maximum Gasteiger partial charge on any atom is 0.339 e. The van der Waals surface area contributed by atoms with Crippen LogP contribution in [0.4, 0.5) is 11.5 Å². The van der Waals surface area contributed by atoms with Crippen LogP contribution in [0.5, 0.6) is 0 Å². The normalized spacial score (nSPS) is 14.5. The molecule has 0 spiro atoms. The summed E-state index contributed by atoms with van der Waals surface area (Å²) in [7, 11) is 0. The van der Waals surface area contributed by atoms with Gasteiger partial charge in [-0.15, -0.1) is 0 Å². The highest BCUT2D eigenvalue weighted by Gasteiger charge is 2.20. The van der Waals surface area contributed by atoms with Crippen molar-refractivity contribution in [3.8, 4) is 0 Å². The van der Waals surface area contributed by atoms with Crippen LogP contribution in [0.1, 0.15) is 22.8 Å². The van der Waals surface area contributed by atoms with Crippen LogP contribution >= 0.6 is 11.6 Å². The molecule has 1 saturated heterocycles. The molecular weight excluding hydrogens is 338 g/mol. The van der Waals surface area contributed by atoms with E-state index in [4.69, 9.17) is 16.3 Å². The molecule has 0 atom stereocenters. The monoisotopic (exact) mass is 359 g/mol. The molecule has 1 fully saturated rings. The van der Waals surface area contributed by atoms with E-state index in [-0.39, 0.29) is 5.97 Å². The number of rotatable bonds is 4. The minimum atomic E-state index is -0.331. The van der Waals surface area contributed by atoms with Crippen LogP contribution in [0.2, 0.25) is 5.02 Å². The van der Waals surface area contributed by atoms with Crippen molar-refractivity contribution >= 4 is 29.1 Å². The summed E-state index contributed by atoms with van der Waals surface area (Å²) in [4.78, 5) is 20.7. The number of benzene rings is 1. The average molecular weight is 360 g/mol. The van der Waals surface area contributed by atoms with E-state index in [1.54, 1.807) is 19.2 Å². The molecule has 2 aromatic rings. The van der Waals surface area contributed by atoms with Crippen LogP contribution in [0, 0.1) is 6.92 Å². The Morgan fingerprint density at radius 3 is 2.52 bits per heavy atom. The summed E-state index contributed by atoms with van der Waals surface area (Å²) >= 11 is 6.14. The van der Waals surface area contributed by atoms with E-state index in [1.165, 1.54) is 11.3 Å². The molecule has 132 valence electrons. The van der Waals surface area contributed by atoms with Gasteiger partial charge in [0.2, 0.25) is 0 Å². The molecule has 25 heavy (non-hydrogen) atoms. The lowest BCUT2D eigenvalue weighted by Gasteiger charge is -2.37. The largest absolute Gasteiger partial charge is 0.462 e. The molecular formula is C19H22ClN3O2. The van der Waals surface area contributed by atoms with Gasteiger partial charge in [-0.3, -0.25) is 0 Å². The Hall–Kier alpha value is -2.27. The van der Waals surface area contributed by atoms with Gasteiger partial charge in [0.1, 0.15) is 5.82 Å². The van der Waals surface area contributed by atoms with Gasteiger partial charge in [-0.25, -0.2) is 9.78 Å². The summed E-state index contributed by atoms with van der Waals surface area (Å²) in [6.45, 7) is 7.82. The van der Waals surface area contributed by atoms with Crippen LogP contribution in [0.15, 0.2) is 36.5 Å². The maximum absolute atomic E-state index is 11.7. The molecule has 6 heteroatoms. The minimum Gasteiger partial charge on any atom is -0.462 e. The Labute approximate surface area is 153 Å². The number of anilines is 2. The summed E-state index contributed by atoms with van der Waals surface area (Å²) in [5.74, 6) is 0.554. The fourth-order valence-electron chi connectivity index (χ4n) is 3.01. The van der Waals surface area contributed by atoms with Gasteiger partial charge in [-0.1, -0.05) is 17.7 Å². The molecule has 1 aliphatic heterocycles. The number of aryl methyl sites for hydroxylation is 1. The zero-order valence-electron chi connectivity index (χ0n) is 14.5. The smallest absolute Gasteiger partial charge is 0.339 e. The lowest BCUT2D eigenvalue weighted by atomic mass is 10.1. The Kier molecular flexibility index (Phi) is 5.43. The van der Waals surface area contributed by atoms with Crippen LogP contribution in [0.3, 0.4) is 0 Å². The molecule has 0 aliphatic carbocycles. The van der Waals surface area contributed by atoms with Crippen molar-refractivity contribution in [1.29, 1.82) is 0 Å². The number of piperazine rings is 1. The van der Waals surface area contributed by atoms with Crippen molar-refractivity contribution in [2.45, 2.75) is 13.8 Å². The van der Waals surface area contributed by atoms with Gasteiger partial charge in [-0.2, -0.15) is 0 Å². The second kappa shape index (κ2) is 7.74. The van der Waals surface area contributed by atoms with Crippen LogP contribution < -0.4 is 9.80 Å². The number of halogens is 1. The molecule has 1 aliphatic rings. The standard InChI is InChI=1S/C19H22ClN3O2/c1-3-25-19(24)15-5-7-18(21-13-15)23-10-8-22(9-11-23)17-12-16(20)6-4-14(17)2/h4-7,12-13H,3,8-11H2,1-2H3. The Morgan fingerprint density at radius 1 is 1.16 bits per heavy atom. The van der Waals surface area contributed by atoms with Gasteiger partial charge in [0.15, 0.2) is 0 Å². The van der Waals surface area contributed by atoms with Crippen LogP contribution in [-0.4, -0.2) is 43.7 Å². The van der Waals surface area contributed by atoms with Crippen LogP contribution in [-0.2, 0) is 4.74 Å². The lowest BCUT2D eigenvalue weighted by Crippen LogP contribution is -2.47. The average Bonchev–Trinajstić information content (AvgIpc) is 2.64. The summed E-state index contributed by atoms with van der Waals surface area (Å²) in [6, 6.07) is 9.66. The van der Waals surface area contributed by atoms with Crippen molar-refractivity contribution in [2.75, 3.05) is 42.6 Å². The first-order chi connectivity index (χ1) is 12.1. The SMILES string of the molecule is CCOC(=O)c1ccc(N2CCN(c3cc(Cl)ccc3C)CC2)nc1. The van der Waals surface area contributed by atoms with Crippen molar-refractivity contribution in [1.82, 2.24) is 4.98 Å². The maximum atomic E-state index is 11.7. The summed E-state index contributed by atoms with van der Waals surface area (Å²) in [5, 5.41) is 0.763. The van der Waals surface area contributed by atoms with Gasteiger partial charge in [0.25, 0.3) is 0 Å². The zero-order valence-corrected chi connectivity index (χ0v) is 15.3. The number of hydrogen-bond acceptors (Lipinski definition) is 5.